The summed E-state index contributed by atoms with van der Waals surface area (Å²) in [4.78, 5) is 0. The molecule has 1 heterocycles. The number of aromatic nitrogens is 3. The molecule has 29 heavy (non-hydrogen) atoms. The number of hydrogen-bond acceptors (Lipinski definition) is 5. The average Bonchev–Trinajstić information content (AvgIpc) is 3.01. The molecule has 0 aliphatic carbocycles. The number of phenols is 1. The van der Waals surface area contributed by atoms with E-state index in [-0.39, 0.29) is 11.4 Å². The van der Waals surface area contributed by atoms with Crippen molar-refractivity contribution in [3.05, 3.63) is 23.3 Å². The Labute approximate surface area is 167 Å². The van der Waals surface area contributed by atoms with Gasteiger partial charge >= 0.3 is 6.18 Å². The molecule has 0 atom stereocenters. The van der Waals surface area contributed by atoms with E-state index in [1.165, 1.54) is 4.72 Å². The van der Waals surface area contributed by atoms with E-state index >= 15 is 0 Å². The van der Waals surface area contributed by atoms with Crippen LogP contribution < -0.4 is 4.72 Å². The lowest BCUT2D eigenvalue weighted by Crippen LogP contribution is -2.34. The van der Waals surface area contributed by atoms with Gasteiger partial charge in [0.1, 0.15) is 18.0 Å². The van der Waals surface area contributed by atoms with Gasteiger partial charge in [-0.15, -0.1) is 5.10 Å². The predicted octanol–water partition coefficient (Wildman–Crippen LogP) is 3.61. The first-order chi connectivity index (χ1) is 12.9. The van der Waals surface area contributed by atoms with Crippen molar-refractivity contribution in [2.75, 3.05) is 6.54 Å². The number of nitrogens with one attached hydrogen (secondary N) is 2. The first-order valence-electron chi connectivity index (χ1n) is 8.79. The number of sulfonamides is 1. The molecule has 1 aromatic heterocycles. The third kappa shape index (κ3) is 5.27. The lowest BCUT2D eigenvalue weighted by atomic mass is 9.78. The lowest BCUT2D eigenvalue weighted by Gasteiger charge is -2.28. The number of alkyl halides is 3. The maximum Gasteiger partial charge on any atom is 0.402 e. The Balaban J connectivity index is 2.67. The first kappa shape index (κ1) is 23.1. The normalized spacial score (nSPS) is 13.7. The van der Waals surface area contributed by atoms with Gasteiger partial charge in [-0.1, -0.05) is 41.5 Å². The topological polar surface area (TPSA) is 108 Å². The van der Waals surface area contributed by atoms with Crippen LogP contribution in [0.1, 0.15) is 52.7 Å². The van der Waals surface area contributed by atoms with Crippen molar-refractivity contribution in [1.82, 2.24) is 20.1 Å². The molecule has 0 fully saturated rings. The SMILES string of the molecule is CC(C)(C)c1cc(-c2n[nH]nc2S(=O)(=O)NCC(F)(F)F)cc(C(C)(C)C)c1O. The largest absolute Gasteiger partial charge is 0.507 e. The van der Waals surface area contributed by atoms with E-state index in [0.717, 1.165) is 0 Å². The summed E-state index contributed by atoms with van der Waals surface area (Å²) in [6.07, 6.45) is -4.71. The summed E-state index contributed by atoms with van der Waals surface area (Å²) in [5, 5.41) is 19.7. The predicted molar refractivity (Wildman–Crippen MR) is 102 cm³/mol. The second-order valence-corrected chi connectivity index (χ2v) is 10.5. The molecule has 0 saturated heterocycles. The summed E-state index contributed by atoms with van der Waals surface area (Å²) in [6.45, 7) is 9.55. The maximum absolute atomic E-state index is 12.5. The number of aromatic amines is 1. The molecular weight excluding hydrogens is 409 g/mol. The summed E-state index contributed by atoms with van der Waals surface area (Å²) >= 11 is 0. The Hall–Kier alpha value is -2.14. The molecule has 0 aliphatic rings. The minimum Gasteiger partial charge on any atom is -0.507 e. The van der Waals surface area contributed by atoms with E-state index < -0.39 is 38.6 Å². The minimum absolute atomic E-state index is 0.0804. The highest BCUT2D eigenvalue weighted by Gasteiger charge is 2.34. The van der Waals surface area contributed by atoms with Crippen LogP contribution in [0.5, 0.6) is 5.75 Å². The molecule has 0 spiro atoms. The molecule has 11 heteroatoms. The third-order valence-corrected chi connectivity index (χ3v) is 5.55. The van der Waals surface area contributed by atoms with Crippen molar-refractivity contribution in [3.63, 3.8) is 0 Å². The molecule has 0 aliphatic heterocycles. The molecular formula is C18H25F3N4O3S. The Kier molecular flexibility index (Phi) is 5.81. The molecule has 1 aromatic carbocycles. The summed E-state index contributed by atoms with van der Waals surface area (Å²) in [7, 11) is -4.57. The molecule has 2 rings (SSSR count). The van der Waals surface area contributed by atoms with Gasteiger partial charge in [-0.2, -0.15) is 23.5 Å². The number of rotatable bonds is 4. The van der Waals surface area contributed by atoms with Crippen LogP contribution in [0.25, 0.3) is 11.3 Å². The molecule has 0 amide bonds. The van der Waals surface area contributed by atoms with Crippen molar-refractivity contribution >= 4 is 10.0 Å². The fourth-order valence-corrected chi connectivity index (χ4v) is 3.83. The number of aromatic hydroxyl groups is 1. The molecule has 162 valence electrons. The number of halogens is 3. The van der Waals surface area contributed by atoms with Crippen LogP contribution in [-0.2, 0) is 20.9 Å². The Bertz CT molecular complexity index is 966. The van der Waals surface area contributed by atoms with Crippen molar-refractivity contribution in [3.8, 4) is 17.0 Å². The van der Waals surface area contributed by atoms with Gasteiger partial charge in [0.15, 0.2) is 0 Å². The average molecular weight is 434 g/mol. The standard InChI is InChI=1S/C18H25F3N4O3S/c1-16(2,3)11-7-10(8-12(14(11)26)17(4,5)6)13-15(24-25-23-13)29(27,28)22-9-18(19,20)21/h7-8,22,26H,9H2,1-6H3,(H,23,24,25). The quantitative estimate of drug-likeness (QED) is 0.681. The van der Waals surface area contributed by atoms with Gasteiger partial charge in [-0.3, -0.25) is 0 Å². The van der Waals surface area contributed by atoms with Gasteiger partial charge in [-0.25, -0.2) is 13.1 Å². The van der Waals surface area contributed by atoms with Crippen LogP contribution in [0.15, 0.2) is 17.2 Å². The van der Waals surface area contributed by atoms with Crippen LogP contribution in [0.2, 0.25) is 0 Å². The molecule has 0 radical (unpaired) electrons. The zero-order valence-electron chi connectivity index (χ0n) is 17.1. The number of H-pyrrole nitrogens is 1. The Morgan fingerprint density at radius 1 is 1.00 bits per heavy atom. The molecule has 0 saturated carbocycles. The Morgan fingerprint density at radius 3 is 1.90 bits per heavy atom. The third-order valence-electron chi connectivity index (χ3n) is 4.23. The van der Waals surface area contributed by atoms with Crippen molar-refractivity contribution in [2.45, 2.75) is 63.6 Å². The number of phenolic OH excluding ortho intramolecular Hbond substituents is 1. The summed E-state index contributed by atoms with van der Waals surface area (Å²) in [5.74, 6) is 0.0804. The van der Waals surface area contributed by atoms with Crippen LogP contribution in [0, 0.1) is 0 Å². The van der Waals surface area contributed by atoms with Crippen LogP contribution in [0.3, 0.4) is 0 Å². The zero-order valence-corrected chi connectivity index (χ0v) is 17.9. The van der Waals surface area contributed by atoms with E-state index in [1.807, 2.05) is 41.5 Å². The van der Waals surface area contributed by atoms with E-state index in [0.29, 0.717) is 16.7 Å². The highest BCUT2D eigenvalue weighted by molar-refractivity contribution is 7.89. The summed E-state index contributed by atoms with van der Waals surface area (Å²) < 4.78 is 63.6. The zero-order chi connectivity index (χ0) is 22.4. The number of hydrogen-bond donors (Lipinski definition) is 3. The van der Waals surface area contributed by atoms with Gasteiger partial charge in [0.25, 0.3) is 10.0 Å². The van der Waals surface area contributed by atoms with Gasteiger partial charge in [0.05, 0.1) is 0 Å². The van der Waals surface area contributed by atoms with Gasteiger partial charge in [0, 0.05) is 16.7 Å². The van der Waals surface area contributed by atoms with Crippen LogP contribution >= 0.6 is 0 Å². The van der Waals surface area contributed by atoms with Crippen molar-refractivity contribution in [1.29, 1.82) is 0 Å². The molecule has 0 unspecified atom stereocenters. The van der Waals surface area contributed by atoms with E-state index in [9.17, 15) is 26.7 Å². The maximum atomic E-state index is 12.5. The van der Waals surface area contributed by atoms with Gasteiger partial charge in [-0.05, 0) is 23.0 Å². The highest BCUT2D eigenvalue weighted by Crippen LogP contribution is 2.42. The van der Waals surface area contributed by atoms with Gasteiger partial charge < -0.3 is 5.11 Å². The minimum atomic E-state index is -4.71. The summed E-state index contributed by atoms with van der Waals surface area (Å²) in [6, 6.07) is 3.15. The lowest BCUT2D eigenvalue weighted by molar-refractivity contribution is -0.121. The number of benzene rings is 1. The van der Waals surface area contributed by atoms with Crippen LogP contribution in [0.4, 0.5) is 13.2 Å². The van der Waals surface area contributed by atoms with Gasteiger partial charge in [0.2, 0.25) is 5.03 Å². The molecule has 7 nitrogen and oxygen atoms in total. The second kappa shape index (κ2) is 7.28. The summed E-state index contributed by atoms with van der Waals surface area (Å²) in [5.41, 5.74) is 0.313. The fourth-order valence-electron chi connectivity index (χ4n) is 2.76. The van der Waals surface area contributed by atoms with Crippen molar-refractivity contribution in [2.24, 2.45) is 0 Å². The van der Waals surface area contributed by atoms with E-state index in [2.05, 4.69) is 15.4 Å². The Morgan fingerprint density at radius 2 is 1.48 bits per heavy atom. The monoisotopic (exact) mass is 434 g/mol. The van der Waals surface area contributed by atoms with E-state index in [4.69, 9.17) is 0 Å². The fraction of sp³-hybridized carbons (Fsp3) is 0.556. The van der Waals surface area contributed by atoms with Crippen molar-refractivity contribution < 1.29 is 26.7 Å². The molecule has 3 N–H and O–H groups in total. The molecule has 0 bridgehead atoms. The first-order valence-corrected chi connectivity index (χ1v) is 10.3. The smallest absolute Gasteiger partial charge is 0.402 e. The highest BCUT2D eigenvalue weighted by atomic mass is 32.2. The second-order valence-electron chi connectivity index (χ2n) is 8.84. The van der Waals surface area contributed by atoms with E-state index in [1.54, 1.807) is 12.1 Å². The number of nitrogens with zero attached hydrogens (tertiary/aromatic N) is 2. The molecule has 2 aromatic rings. The van der Waals surface area contributed by atoms with Crippen LogP contribution in [-0.4, -0.2) is 41.7 Å².